The molecule has 0 amide bonds. The molecule has 0 bridgehead atoms. The molecule has 22 heavy (non-hydrogen) atoms. The molecule has 0 aliphatic carbocycles. The zero-order chi connectivity index (χ0) is 15.9. The molecule has 1 aliphatic rings. The number of ether oxygens (including phenoxy) is 1. The van der Waals surface area contributed by atoms with Crippen LogP contribution in [-0.2, 0) is 12.0 Å². The summed E-state index contributed by atoms with van der Waals surface area (Å²) in [5.74, 6) is 1.72. The first-order valence-electron chi connectivity index (χ1n) is 7.33. The predicted molar refractivity (Wildman–Crippen MR) is 89.0 cm³/mol. The molecule has 2 heterocycles. The van der Waals surface area contributed by atoms with Gasteiger partial charge in [-0.2, -0.15) is 0 Å². The van der Waals surface area contributed by atoms with Crippen molar-refractivity contribution in [1.82, 2.24) is 9.55 Å². The Morgan fingerprint density at radius 2 is 2.14 bits per heavy atom. The van der Waals surface area contributed by atoms with Gasteiger partial charge in [0.1, 0.15) is 17.1 Å². The van der Waals surface area contributed by atoms with E-state index in [1.165, 1.54) is 5.56 Å². The average Bonchev–Trinajstić information content (AvgIpc) is 3.05. The van der Waals surface area contributed by atoms with Gasteiger partial charge in [0.15, 0.2) is 11.4 Å². The Kier molecular flexibility index (Phi) is 3.77. The molecule has 0 radical (unpaired) electrons. The first-order valence-corrected chi connectivity index (χ1v) is 8.31. The lowest BCUT2D eigenvalue weighted by Crippen LogP contribution is -2.11. The zero-order valence-electron chi connectivity index (χ0n) is 13.3. The zero-order valence-corrected chi connectivity index (χ0v) is 14.2. The van der Waals surface area contributed by atoms with Crippen LogP contribution in [0.15, 0.2) is 23.4 Å². The number of hydrogen-bond donors (Lipinski definition) is 0. The van der Waals surface area contributed by atoms with E-state index in [1.54, 1.807) is 18.9 Å². The minimum absolute atomic E-state index is 0.0274. The molecular formula is C17H20N2O2S. The van der Waals surface area contributed by atoms with Gasteiger partial charge >= 0.3 is 0 Å². The molecule has 0 atom stereocenters. The lowest BCUT2D eigenvalue weighted by molar-refractivity contribution is 0.111. The summed E-state index contributed by atoms with van der Waals surface area (Å²) in [7, 11) is 1.65. The summed E-state index contributed by atoms with van der Waals surface area (Å²) < 4.78 is 7.49. The van der Waals surface area contributed by atoms with Crippen LogP contribution in [0.25, 0.3) is 11.3 Å². The highest BCUT2D eigenvalue weighted by atomic mass is 32.2. The van der Waals surface area contributed by atoms with E-state index in [0.717, 1.165) is 40.7 Å². The Morgan fingerprint density at radius 3 is 2.77 bits per heavy atom. The lowest BCUT2D eigenvalue weighted by atomic mass is 9.85. The van der Waals surface area contributed by atoms with Crippen molar-refractivity contribution in [2.24, 2.45) is 0 Å². The second-order valence-electron chi connectivity index (χ2n) is 6.41. The Hall–Kier alpha value is -1.75. The smallest absolute Gasteiger partial charge is 0.169 e. The summed E-state index contributed by atoms with van der Waals surface area (Å²) in [6.45, 7) is 7.34. The highest BCUT2D eigenvalue weighted by molar-refractivity contribution is 7.99. The number of aromatic nitrogens is 2. The average molecular weight is 316 g/mol. The maximum absolute atomic E-state index is 11.6. The van der Waals surface area contributed by atoms with Crippen molar-refractivity contribution in [1.29, 1.82) is 0 Å². The first kappa shape index (κ1) is 15.2. The third kappa shape index (κ3) is 2.43. The number of fused-ring (bicyclic) bond motifs is 1. The van der Waals surface area contributed by atoms with Gasteiger partial charge in [-0.1, -0.05) is 38.6 Å². The predicted octanol–water partition coefficient (Wildman–Crippen LogP) is 3.77. The fraction of sp³-hybridized carbons (Fsp3) is 0.412. The fourth-order valence-electron chi connectivity index (χ4n) is 2.68. The molecule has 4 nitrogen and oxygen atoms in total. The normalized spacial score (nSPS) is 14.0. The molecule has 116 valence electrons. The molecule has 0 N–H and O–H groups in total. The van der Waals surface area contributed by atoms with Gasteiger partial charge < -0.3 is 9.30 Å². The van der Waals surface area contributed by atoms with Crippen LogP contribution in [-0.4, -0.2) is 28.7 Å². The van der Waals surface area contributed by atoms with E-state index in [4.69, 9.17) is 4.74 Å². The van der Waals surface area contributed by atoms with Gasteiger partial charge in [-0.3, -0.25) is 4.79 Å². The number of nitrogens with zero attached hydrogens (tertiary/aromatic N) is 2. The van der Waals surface area contributed by atoms with E-state index in [2.05, 4.69) is 37.9 Å². The summed E-state index contributed by atoms with van der Waals surface area (Å²) in [4.78, 5) is 16.3. The molecule has 2 aromatic rings. The second-order valence-corrected chi connectivity index (χ2v) is 7.47. The van der Waals surface area contributed by atoms with E-state index in [9.17, 15) is 4.79 Å². The number of hydrogen-bond acceptors (Lipinski definition) is 4. The van der Waals surface area contributed by atoms with Gasteiger partial charge in [0.05, 0.1) is 7.11 Å². The van der Waals surface area contributed by atoms with E-state index in [1.807, 2.05) is 10.6 Å². The Labute approximate surface area is 134 Å². The number of rotatable bonds is 3. The van der Waals surface area contributed by atoms with Crippen molar-refractivity contribution in [3.05, 3.63) is 29.5 Å². The molecule has 0 spiro atoms. The maximum Gasteiger partial charge on any atom is 0.169 e. The molecule has 5 heteroatoms. The molecule has 1 aliphatic heterocycles. The largest absolute Gasteiger partial charge is 0.496 e. The van der Waals surface area contributed by atoms with Crippen LogP contribution in [0.2, 0.25) is 0 Å². The number of carbonyl (C=O) groups is 1. The van der Waals surface area contributed by atoms with E-state index in [0.29, 0.717) is 5.69 Å². The van der Waals surface area contributed by atoms with Crippen LogP contribution in [0.5, 0.6) is 5.75 Å². The second kappa shape index (κ2) is 5.47. The Balaban J connectivity index is 2.21. The highest BCUT2D eigenvalue weighted by Gasteiger charge is 2.25. The minimum Gasteiger partial charge on any atom is -0.496 e. The number of thioether (sulfide) groups is 1. The van der Waals surface area contributed by atoms with Crippen molar-refractivity contribution in [3.8, 4) is 17.0 Å². The van der Waals surface area contributed by atoms with Gasteiger partial charge in [-0.15, -0.1) is 0 Å². The minimum atomic E-state index is 0.0274. The monoisotopic (exact) mass is 316 g/mol. The lowest BCUT2D eigenvalue weighted by Gasteiger charge is -2.21. The van der Waals surface area contributed by atoms with E-state index >= 15 is 0 Å². The number of aldehydes is 1. The topological polar surface area (TPSA) is 44.1 Å². The van der Waals surface area contributed by atoms with E-state index in [-0.39, 0.29) is 5.41 Å². The van der Waals surface area contributed by atoms with Crippen LogP contribution in [0.1, 0.15) is 36.8 Å². The summed E-state index contributed by atoms with van der Waals surface area (Å²) >= 11 is 1.69. The molecule has 0 saturated heterocycles. The van der Waals surface area contributed by atoms with Crippen molar-refractivity contribution in [2.75, 3.05) is 12.9 Å². The van der Waals surface area contributed by atoms with Crippen molar-refractivity contribution >= 4 is 18.0 Å². The van der Waals surface area contributed by atoms with Gasteiger partial charge in [0.25, 0.3) is 0 Å². The molecule has 0 unspecified atom stereocenters. The van der Waals surface area contributed by atoms with Crippen LogP contribution in [0, 0.1) is 0 Å². The number of benzene rings is 1. The summed E-state index contributed by atoms with van der Waals surface area (Å²) in [6.07, 6.45) is 0.904. The molecule has 3 rings (SSSR count). The van der Waals surface area contributed by atoms with Crippen LogP contribution in [0.4, 0.5) is 0 Å². The molecule has 0 fully saturated rings. The SMILES string of the molecule is COc1ccc(C(C)(C)C)cc1-c1nc2n(c1C=O)CCS2. The maximum atomic E-state index is 11.6. The van der Waals surface area contributed by atoms with Crippen LogP contribution >= 0.6 is 11.8 Å². The number of methoxy groups -OCH3 is 1. The van der Waals surface area contributed by atoms with Crippen molar-refractivity contribution < 1.29 is 9.53 Å². The van der Waals surface area contributed by atoms with Gasteiger partial charge in [-0.05, 0) is 23.1 Å². The first-order chi connectivity index (χ1) is 10.5. The van der Waals surface area contributed by atoms with Gasteiger partial charge in [-0.25, -0.2) is 4.98 Å². The third-order valence-electron chi connectivity index (χ3n) is 3.95. The van der Waals surface area contributed by atoms with Crippen LogP contribution in [0.3, 0.4) is 0 Å². The Bertz CT molecular complexity index is 729. The number of imidazole rings is 1. The fourth-order valence-corrected chi connectivity index (χ4v) is 3.63. The molecule has 0 saturated carbocycles. The van der Waals surface area contributed by atoms with Crippen LogP contribution < -0.4 is 4.74 Å². The van der Waals surface area contributed by atoms with Gasteiger partial charge in [0.2, 0.25) is 0 Å². The van der Waals surface area contributed by atoms with E-state index < -0.39 is 0 Å². The van der Waals surface area contributed by atoms with Crippen molar-refractivity contribution in [2.45, 2.75) is 37.9 Å². The third-order valence-corrected chi connectivity index (χ3v) is 4.91. The standard InChI is InChI=1S/C17H20N2O2S/c1-17(2,3)11-5-6-14(21-4)12(9-11)15-13(10-20)19-7-8-22-16(19)18-15/h5-6,9-10H,7-8H2,1-4H3. The van der Waals surface area contributed by atoms with Crippen molar-refractivity contribution in [3.63, 3.8) is 0 Å². The highest BCUT2D eigenvalue weighted by Crippen LogP contribution is 2.38. The summed E-state index contributed by atoms with van der Waals surface area (Å²) in [5.41, 5.74) is 3.48. The number of carbonyl (C=O) groups excluding carboxylic acids is 1. The molecular weight excluding hydrogens is 296 g/mol. The molecule has 1 aromatic carbocycles. The quantitative estimate of drug-likeness (QED) is 0.809. The van der Waals surface area contributed by atoms with Gasteiger partial charge in [0, 0.05) is 17.9 Å². The Morgan fingerprint density at radius 1 is 1.36 bits per heavy atom. The molecule has 1 aromatic heterocycles. The summed E-state index contributed by atoms with van der Waals surface area (Å²) in [6, 6.07) is 6.12. The summed E-state index contributed by atoms with van der Waals surface area (Å²) in [5, 5.41) is 0.917.